The molecule has 3 aromatic rings. The third kappa shape index (κ3) is 5.33. The number of carbonyl (C=O) groups excluding carboxylic acids is 1. The minimum absolute atomic E-state index is 0.115. The third-order valence-corrected chi connectivity index (χ3v) is 6.01. The zero-order valence-corrected chi connectivity index (χ0v) is 18.2. The van der Waals surface area contributed by atoms with Crippen LogP contribution >= 0.6 is 11.8 Å². The Hall–Kier alpha value is -3.12. The van der Waals surface area contributed by atoms with Gasteiger partial charge in [-0.1, -0.05) is 42.5 Å². The highest BCUT2D eigenvalue weighted by molar-refractivity contribution is 8.00. The van der Waals surface area contributed by atoms with Gasteiger partial charge in [-0.3, -0.25) is 4.79 Å². The fourth-order valence-electron chi connectivity index (χ4n) is 3.30. The van der Waals surface area contributed by atoms with Crippen molar-refractivity contribution in [3.05, 3.63) is 78.4 Å². The number of anilines is 1. The van der Waals surface area contributed by atoms with Crippen molar-refractivity contribution in [2.75, 3.05) is 25.1 Å². The van der Waals surface area contributed by atoms with Gasteiger partial charge >= 0.3 is 0 Å². The molecule has 3 aromatic carbocycles. The van der Waals surface area contributed by atoms with Crippen LogP contribution in [0.3, 0.4) is 0 Å². The van der Waals surface area contributed by atoms with E-state index in [1.807, 2.05) is 79.7 Å². The van der Waals surface area contributed by atoms with Crippen molar-refractivity contribution in [2.45, 2.75) is 23.5 Å². The van der Waals surface area contributed by atoms with Crippen LogP contribution in [0, 0.1) is 0 Å². The lowest BCUT2D eigenvalue weighted by atomic mass is 10.1. The molecule has 1 N–H and O–H groups in total. The minimum atomic E-state index is -0.444. The average Bonchev–Trinajstić information content (AvgIpc) is 3.04. The lowest BCUT2D eigenvalue weighted by Crippen LogP contribution is -2.19. The van der Waals surface area contributed by atoms with Gasteiger partial charge in [-0.15, -0.1) is 11.8 Å². The first-order valence-electron chi connectivity index (χ1n) is 10.4. The summed E-state index contributed by atoms with van der Waals surface area (Å²) in [4.78, 5) is 14.3. The number of hydrogen-bond acceptors (Lipinski definition) is 5. The summed E-state index contributed by atoms with van der Waals surface area (Å²) >= 11 is 1.48. The summed E-state index contributed by atoms with van der Waals surface area (Å²) in [6.45, 7) is 3.72. The maximum absolute atomic E-state index is 13.4. The van der Waals surface area contributed by atoms with E-state index in [0.717, 1.165) is 28.4 Å². The smallest absolute Gasteiger partial charge is 0.242 e. The Morgan fingerprint density at radius 3 is 2.55 bits per heavy atom. The Kier molecular flexibility index (Phi) is 6.99. The maximum atomic E-state index is 13.4. The third-order valence-electron chi connectivity index (χ3n) is 4.76. The van der Waals surface area contributed by atoms with E-state index < -0.39 is 5.25 Å². The number of ether oxygens (including phenoxy) is 3. The largest absolute Gasteiger partial charge is 0.492 e. The molecule has 1 amide bonds. The zero-order valence-electron chi connectivity index (χ0n) is 17.4. The first-order valence-corrected chi connectivity index (χ1v) is 11.3. The van der Waals surface area contributed by atoms with Gasteiger partial charge in [0.05, 0.1) is 25.5 Å². The fraction of sp³-hybridized carbons (Fsp3) is 0.240. The molecule has 31 heavy (non-hydrogen) atoms. The summed E-state index contributed by atoms with van der Waals surface area (Å²) in [5, 5.41) is 2.60. The standard InChI is InChI=1S/C25H25NO4S/c1-2-28-21-12-7-6-11-20(21)26-25(27)24(18-9-4-3-5-10-18)31-19-13-14-22-23(17-19)30-16-8-15-29-22/h3-7,9-14,17,24H,2,8,15-16H2,1H3,(H,26,27). The van der Waals surface area contributed by atoms with Crippen molar-refractivity contribution in [2.24, 2.45) is 0 Å². The van der Waals surface area contributed by atoms with Crippen LogP contribution in [0.1, 0.15) is 24.2 Å². The van der Waals surface area contributed by atoms with Crippen molar-refractivity contribution in [3.8, 4) is 17.2 Å². The Labute approximate surface area is 186 Å². The van der Waals surface area contributed by atoms with Crippen LogP contribution in [-0.4, -0.2) is 25.7 Å². The van der Waals surface area contributed by atoms with Crippen LogP contribution in [0.4, 0.5) is 5.69 Å². The molecule has 4 rings (SSSR count). The van der Waals surface area contributed by atoms with Crippen LogP contribution in [-0.2, 0) is 4.79 Å². The predicted molar refractivity (Wildman–Crippen MR) is 123 cm³/mol. The van der Waals surface area contributed by atoms with E-state index in [0.29, 0.717) is 31.3 Å². The van der Waals surface area contributed by atoms with Gasteiger partial charge in [-0.05, 0) is 42.8 Å². The lowest BCUT2D eigenvalue weighted by Gasteiger charge is -2.19. The van der Waals surface area contributed by atoms with E-state index in [-0.39, 0.29) is 5.91 Å². The Bertz CT molecular complexity index is 1030. The molecule has 0 spiro atoms. The second-order valence-corrected chi connectivity index (χ2v) is 8.16. The van der Waals surface area contributed by atoms with Gasteiger partial charge in [0.15, 0.2) is 11.5 Å². The molecule has 160 valence electrons. The lowest BCUT2D eigenvalue weighted by molar-refractivity contribution is -0.115. The first kappa shape index (κ1) is 21.1. The molecule has 6 heteroatoms. The van der Waals surface area contributed by atoms with Gasteiger partial charge in [0.2, 0.25) is 5.91 Å². The monoisotopic (exact) mass is 435 g/mol. The van der Waals surface area contributed by atoms with Gasteiger partial charge < -0.3 is 19.5 Å². The number of fused-ring (bicyclic) bond motifs is 1. The number of carbonyl (C=O) groups is 1. The molecular formula is C25H25NO4S. The highest BCUT2D eigenvalue weighted by Gasteiger charge is 2.24. The maximum Gasteiger partial charge on any atom is 0.242 e. The topological polar surface area (TPSA) is 56.8 Å². The normalized spacial score (nSPS) is 13.7. The first-order chi connectivity index (χ1) is 15.2. The van der Waals surface area contributed by atoms with Crippen molar-refractivity contribution in [3.63, 3.8) is 0 Å². The predicted octanol–water partition coefficient (Wildman–Crippen LogP) is 5.72. The van der Waals surface area contributed by atoms with E-state index in [2.05, 4.69) is 5.32 Å². The van der Waals surface area contributed by atoms with Gasteiger partial charge in [-0.2, -0.15) is 0 Å². The van der Waals surface area contributed by atoms with E-state index in [9.17, 15) is 4.79 Å². The molecule has 1 atom stereocenters. The fourth-order valence-corrected chi connectivity index (χ4v) is 4.36. The molecule has 0 aliphatic carbocycles. The Balaban J connectivity index is 1.60. The Morgan fingerprint density at radius 1 is 1.00 bits per heavy atom. The van der Waals surface area contributed by atoms with E-state index in [4.69, 9.17) is 14.2 Å². The number of rotatable bonds is 7. The van der Waals surface area contributed by atoms with Crippen LogP contribution in [0.5, 0.6) is 17.2 Å². The molecule has 0 aromatic heterocycles. The van der Waals surface area contributed by atoms with Gasteiger partial charge in [0.25, 0.3) is 0 Å². The van der Waals surface area contributed by atoms with Crippen LogP contribution < -0.4 is 19.5 Å². The average molecular weight is 436 g/mol. The summed E-state index contributed by atoms with van der Waals surface area (Å²) in [5.74, 6) is 2.01. The number of amides is 1. The summed E-state index contributed by atoms with van der Waals surface area (Å²) in [7, 11) is 0. The minimum Gasteiger partial charge on any atom is -0.492 e. The molecule has 1 aliphatic heterocycles. The second kappa shape index (κ2) is 10.3. The summed E-state index contributed by atoms with van der Waals surface area (Å²) in [6.07, 6.45) is 0.853. The van der Waals surface area contributed by atoms with Crippen LogP contribution in [0.25, 0.3) is 0 Å². The zero-order chi connectivity index (χ0) is 21.5. The van der Waals surface area contributed by atoms with Gasteiger partial charge in [0.1, 0.15) is 11.0 Å². The highest BCUT2D eigenvalue weighted by atomic mass is 32.2. The van der Waals surface area contributed by atoms with Crippen molar-refractivity contribution >= 4 is 23.4 Å². The van der Waals surface area contributed by atoms with Crippen LogP contribution in [0.2, 0.25) is 0 Å². The number of benzene rings is 3. The number of para-hydroxylation sites is 2. The number of hydrogen-bond donors (Lipinski definition) is 1. The Morgan fingerprint density at radius 2 is 1.74 bits per heavy atom. The summed E-state index contributed by atoms with van der Waals surface area (Å²) in [5.41, 5.74) is 1.58. The molecule has 0 radical (unpaired) electrons. The van der Waals surface area contributed by atoms with Crippen molar-refractivity contribution in [1.82, 2.24) is 0 Å². The molecule has 0 fully saturated rings. The number of nitrogens with one attached hydrogen (secondary N) is 1. The molecular weight excluding hydrogens is 410 g/mol. The van der Waals surface area contributed by atoms with E-state index in [1.54, 1.807) is 0 Å². The summed E-state index contributed by atoms with van der Waals surface area (Å²) in [6, 6.07) is 23.1. The van der Waals surface area contributed by atoms with Gasteiger partial charge in [0, 0.05) is 11.3 Å². The van der Waals surface area contributed by atoms with Crippen LogP contribution in [0.15, 0.2) is 77.7 Å². The SMILES string of the molecule is CCOc1ccccc1NC(=O)C(Sc1ccc2c(c1)OCCCO2)c1ccccc1. The highest BCUT2D eigenvalue weighted by Crippen LogP contribution is 2.41. The molecule has 5 nitrogen and oxygen atoms in total. The van der Waals surface area contributed by atoms with Crippen molar-refractivity contribution in [1.29, 1.82) is 0 Å². The number of thioether (sulfide) groups is 1. The quantitative estimate of drug-likeness (QED) is 0.481. The van der Waals surface area contributed by atoms with Crippen molar-refractivity contribution < 1.29 is 19.0 Å². The molecule has 1 heterocycles. The molecule has 0 saturated heterocycles. The molecule has 0 bridgehead atoms. The van der Waals surface area contributed by atoms with Gasteiger partial charge in [-0.25, -0.2) is 0 Å². The van der Waals surface area contributed by atoms with E-state index >= 15 is 0 Å². The van der Waals surface area contributed by atoms with E-state index in [1.165, 1.54) is 11.8 Å². The molecule has 1 unspecified atom stereocenters. The second-order valence-electron chi connectivity index (χ2n) is 6.99. The molecule has 1 aliphatic rings. The molecule has 0 saturated carbocycles. The summed E-state index contributed by atoms with van der Waals surface area (Å²) < 4.78 is 17.2.